The van der Waals surface area contributed by atoms with E-state index in [1.165, 1.54) is 16.7 Å². The van der Waals surface area contributed by atoms with E-state index in [1.54, 1.807) is 6.26 Å². The molecule has 2 aromatic rings. The van der Waals surface area contributed by atoms with Gasteiger partial charge in [-0.25, -0.2) is 0 Å². The number of rotatable bonds is 6. The molecule has 2 nitrogen and oxygen atoms in total. The summed E-state index contributed by atoms with van der Waals surface area (Å²) >= 11 is 0. The van der Waals surface area contributed by atoms with Crippen molar-refractivity contribution in [2.24, 2.45) is 0 Å². The number of aryl methyl sites for hydroxylation is 1. The van der Waals surface area contributed by atoms with Gasteiger partial charge in [0.2, 0.25) is 0 Å². The van der Waals surface area contributed by atoms with E-state index in [2.05, 4.69) is 43.4 Å². The van der Waals surface area contributed by atoms with Crippen LogP contribution in [0.4, 0.5) is 0 Å². The predicted octanol–water partition coefficient (Wildman–Crippen LogP) is 3.87. The third kappa shape index (κ3) is 3.47. The lowest BCUT2D eigenvalue weighted by molar-refractivity contribution is 0.512. The maximum Gasteiger partial charge on any atom is 0.0950 e. The molecule has 1 atom stereocenters. The molecule has 0 aliphatic heterocycles. The van der Waals surface area contributed by atoms with Gasteiger partial charge in [-0.2, -0.15) is 0 Å². The summed E-state index contributed by atoms with van der Waals surface area (Å²) in [6.45, 7) is 5.33. The van der Waals surface area contributed by atoms with Crippen LogP contribution in [-0.4, -0.2) is 6.54 Å². The highest BCUT2D eigenvalue weighted by Gasteiger charge is 2.12. The second-order valence-electron chi connectivity index (χ2n) is 4.75. The van der Waals surface area contributed by atoms with Crippen molar-refractivity contribution in [3.63, 3.8) is 0 Å². The first-order valence-electron chi connectivity index (χ1n) is 6.60. The van der Waals surface area contributed by atoms with Crippen LogP contribution in [0.25, 0.3) is 0 Å². The Kier molecular flexibility index (Phi) is 4.59. The van der Waals surface area contributed by atoms with E-state index in [4.69, 9.17) is 4.42 Å². The van der Waals surface area contributed by atoms with Crippen LogP contribution in [0.15, 0.2) is 47.3 Å². The largest absolute Gasteiger partial charge is 0.472 e. The Bertz CT molecular complexity index is 444. The summed E-state index contributed by atoms with van der Waals surface area (Å²) in [6, 6.07) is 11.1. The van der Waals surface area contributed by atoms with Crippen molar-refractivity contribution in [2.45, 2.75) is 32.7 Å². The van der Waals surface area contributed by atoms with E-state index < -0.39 is 0 Å². The van der Waals surface area contributed by atoms with Gasteiger partial charge in [-0.05, 0) is 37.9 Å². The molecule has 1 N–H and O–H groups in total. The van der Waals surface area contributed by atoms with Gasteiger partial charge in [0.05, 0.1) is 12.5 Å². The fraction of sp³-hybridized carbons (Fsp3) is 0.375. The molecular formula is C16H21NO. The lowest BCUT2D eigenvalue weighted by Gasteiger charge is -2.17. The first-order chi connectivity index (χ1) is 8.79. The van der Waals surface area contributed by atoms with Crippen LogP contribution in [0, 0.1) is 6.92 Å². The quantitative estimate of drug-likeness (QED) is 0.833. The Labute approximate surface area is 109 Å². The van der Waals surface area contributed by atoms with Crippen LogP contribution in [0.3, 0.4) is 0 Å². The fourth-order valence-electron chi connectivity index (χ4n) is 2.06. The van der Waals surface area contributed by atoms with Crippen LogP contribution in [0.5, 0.6) is 0 Å². The molecule has 1 aromatic heterocycles. The summed E-state index contributed by atoms with van der Waals surface area (Å²) in [4.78, 5) is 0. The second kappa shape index (κ2) is 6.41. The monoisotopic (exact) mass is 243 g/mol. The summed E-state index contributed by atoms with van der Waals surface area (Å²) in [5.74, 6) is 0. The van der Waals surface area contributed by atoms with E-state index in [9.17, 15) is 0 Å². The molecule has 0 fully saturated rings. The highest BCUT2D eigenvalue weighted by molar-refractivity contribution is 5.24. The predicted molar refractivity (Wildman–Crippen MR) is 74.6 cm³/mol. The van der Waals surface area contributed by atoms with Gasteiger partial charge in [0.15, 0.2) is 0 Å². The standard InChI is InChI=1S/C16H21NO/c1-3-9-17-16(15-8-10-18-12-15)11-14-6-4-13(2)5-7-14/h4-8,10,12,16-17H,3,9,11H2,1-2H3. The average molecular weight is 243 g/mol. The minimum Gasteiger partial charge on any atom is -0.472 e. The normalized spacial score (nSPS) is 12.6. The van der Waals surface area contributed by atoms with Gasteiger partial charge in [0.1, 0.15) is 0 Å². The SMILES string of the molecule is CCCNC(Cc1ccc(C)cc1)c1ccoc1. The van der Waals surface area contributed by atoms with Gasteiger partial charge in [0, 0.05) is 11.6 Å². The zero-order chi connectivity index (χ0) is 12.8. The van der Waals surface area contributed by atoms with E-state index in [-0.39, 0.29) is 0 Å². The minimum absolute atomic E-state index is 0.339. The van der Waals surface area contributed by atoms with Crippen molar-refractivity contribution in [1.29, 1.82) is 0 Å². The third-order valence-corrected chi connectivity index (χ3v) is 3.15. The van der Waals surface area contributed by atoms with Crippen LogP contribution in [-0.2, 0) is 6.42 Å². The number of furan rings is 1. The van der Waals surface area contributed by atoms with Crippen LogP contribution >= 0.6 is 0 Å². The van der Waals surface area contributed by atoms with Gasteiger partial charge >= 0.3 is 0 Å². The molecule has 0 aliphatic rings. The zero-order valence-corrected chi connectivity index (χ0v) is 11.1. The highest BCUT2D eigenvalue weighted by atomic mass is 16.3. The second-order valence-corrected chi connectivity index (χ2v) is 4.75. The Hall–Kier alpha value is -1.54. The number of hydrogen-bond acceptors (Lipinski definition) is 2. The molecule has 1 aromatic carbocycles. The van der Waals surface area contributed by atoms with Gasteiger partial charge in [-0.3, -0.25) is 0 Å². The Morgan fingerprint density at radius 1 is 1.17 bits per heavy atom. The van der Waals surface area contributed by atoms with Gasteiger partial charge in [-0.15, -0.1) is 0 Å². The Morgan fingerprint density at radius 3 is 2.56 bits per heavy atom. The zero-order valence-electron chi connectivity index (χ0n) is 11.1. The topological polar surface area (TPSA) is 25.2 Å². The van der Waals surface area contributed by atoms with Crippen molar-refractivity contribution in [2.75, 3.05) is 6.54 Å². The maximum atomic E-state index is 5.19. The molecular weight excluding hydrogens is 222 g/mol. The van der Waals surface area contributed by atoms with Crippen LogP contribution < -0.4 is 5.32 Å². The lowest BCUT2D eigenvalue weighted by atomic mass is 10.0. The number of benzene rings is 1. The van der Waals surface area contributed by atoms with Crippen LogP contribution in [0.1, 0.15) is 36.1 Å². The number of hydrogen-bond donors (Lipinski definition) is 1. The molecule has 1 heterocycles. The molecule has 96 valence electrons. The van der Waals surface area contributed by atoms with Crippen molar-refractivity contribution < 1.29 is 4.42 Å². The van der Waals surface area contributed by atoms with E-state index in [1.807, 2.05) is 12.3 Å². The minimum atomic E-state index is 0.339. The summed E-state index contributed by atoms with van der Waals surface area (Å²) in [7, 11) is 0. The van der Waals surface area contributed by atoms with E-state index in [0.29, 0.717) is 6.04 Å². The molecule has 0 aliphatic carbocycles. The average Bonchev–Trinajstić information content (AvgIpc) is 2.90. The van der Waals surface area contributed by atoms with Crippen molar-refractivity contribution in [1.82, 2.24) is 5.32 Å². The summed E-state index contributed by atoms with van der Waals surface area (Å²) in [5, 5.41) is 3.57. The third-order valence-electron chi connectivity index (χ3n) is 3.15. The first-order valence-corrected chi connectivity index (χ1v) is 6.60. The molecule has 0 saturated heterocycles. The molecule has 2 rings (SSSR count). The molecule has 2 heteroatoms. The van der Waals surface area contributed by atoms with Gasteiger partial charge in [0.25, 0.3) is 0 Å². The Balaban J connectivity index is 2.07. The first kappa shape index (κ1) is 12.9. The summed E-state index contributed by atoms with van der Waals surface area (Å²) in [5.41, 5.74) is 3.89. The number of nitrogens with one attached hydrogen (secondary N) is 1. The van der Waals surface area contributed by atoms with E-state index >= 15 is 0 Å². The molecule has 18 heavy (non-hydrogen) atoms. The van der Waals surface area contributed by atoms with E-state index in [0.717, 1.165) is 19.4 Å². The molecule has 0 saturated carbocycles. The van der Waals surface area contributed by atoms with Crippen molar-refractivity contribution in [3.05, 3.63) is 59.5 Å². The maximum absolute atomic E-state index is 5.19. The Morgan fingerprint density at radius 2 is 1.94 bits per heavy atom. The molecule has 0 spiro atoms. The fourth-order valence-corrected chi connectivity index (χ4v) is 2.06. The van der Waals surface area contributed by atoms with Crippen LogP contribution in [0.2, 0.25) is 0 Å². The summed E-state index contributed by atoms with van der Waals surface area (Å²) < 4.78 is 5.19. The molecule has 1 unspecified atom stereocenters. The summed E-state index contributed by atoms with van der Waals surface area (Å²) in [6.07, 6.45) is 5.72. The van der Waals surface area contributed by atoms with Gasteiger partial charge < -0.3 is 9.73 Å². The van der Waals surface area contributed by atoms with Crippen molar-refractivity contribution in [3.8, 4) is 0 Å². The lowest BCUT2D eigenvalue weighted by Crippen LogP contribution is -2.23. The smallest absolute Gasteiger partial charge is 0.0950 e. The van der Waals surface area contributed by atoms with Crippen molar-refractivity contribution >= 4 is 0 Å². The highest BCUT2D eigenvalue weighted by Crippen LogP contribution is 2.19. The molecule has 0 amide bonds. The molecule has 0 bridgehead atoms. The molecule has 0 radical (unpaired) electrons. The van der Waals surface area contributed by atoms with Gasteiger partial charge in [-0.1, -0.05) is 36.8 Å².